The molecule has 0 fully saturated rings. The molecule has 0 saturated heterocycles. The predicted molar refractivity (Wildman–Crippen MR) is 100 cm³/mol. The van der Waals surface area contributed by atoms with E-state index in [1.807, 2.05) is 6.07 Å². The molecule has 1 amide bonds. The normalized spacial score (nSPS) is 10.7. The van der Waals surface area contributed by atoms with Crippen molar-refractivity contribution < 1.29 is 9.53 Å². The maximum Gasteiger partial charge on any atom is 0.261 e. The Kier molecular flexibility index (Phi) is 5.23. The van der Waals surface area contributed by atoms with Crippen molar-refractivity contribution in [3.63, 3.8) is 0 Å². The van der Waals surface area contributed by atoms with Gasteiger partial charge < -0.3 is 9.64 Å². The first-order valence-electron chi connectivity index (χ1n) is 8.00. The van der Waals surface area contributed by atoms with E-state index in [1.54, 1.807) is 50.6 Å². The first-order valence-corrected chi connectivity index (χ1v) is 8.38. The summed E-state index contributed by atoms with van der Waals surface area (Å²) in [5.74, 6) is 0.435. The smallest absolute Gasteiger partial charge is 0.261 e. The lowest BCUT2D eigenvalue weighted by molar-refractivity contribution is -0.131. The number of rotatable bonds is 5. The monoisotopic (exact) mass is 371 g/mol. The molecule has 0 spiro atoms. The SMILES string of the molecule is COc1ccc(Cl)cc1CN(C)C(=O)Cn1cnc2ccccc2c1=O. The summed E-state index contributed by atoms with van der Waals surface area (Å²) in [7, 11) is 3.23. The molecule has 2 aromatic carbocycles. The number of carbonyl (C=O) groups excluding carboxylic acids is 1. The second kappa shape index (κ2) is 7.58. The van der Waals surface area contributed by atoms with Gasteiger partial charge in [0.1, 0.15) is 12.3 Å². The molecule has 0 N–H and O–H groups in total. The Morgan fingerprint density at radius 3 is 2.81 bits per heavy atom. The molecule has 7 heteroatoms. The zero-order valence-corrected chi connectivity index (χ0v) is 15.2. The van der Waals surface area contributed by atoms with Gasteiger partial charge in [-0.05, 0) is 30.3 Å². The molecule has 0 bridgehead atoms. The molecule has 1 heterocycles. The van der Waals surface area contributed by atoms with E-state index < -0.39 is 0 Å². The van der Waals surface area contributed by atoms with Crippen LogP contribution in [0.2, 0.25) is 5.02 Å². The van der Waals surface area contributed by atoms with Gasteiger partial charge in [-0.3, -0.25) is 14.2 Å². The molecule has 0 aliphatic heterocycles. The van der Waals surface area contributed by atoms with E-state index in [0.717, 1.165) is 5.56 Å². The van der Waals surface area contributed by atoms with Gasteiger partial charge in [0, 0.05) is 24.2 Å². The number of halogens is 1. The minimum Gasteiger partial charge on any atom is -0.496 e. The van der Waals surface area contributed by atoms with E-state index >= 15 is 0 Å². The lowest BCUT2D eigenvalue weighted by Gasteiger charge is -2.19. The summed E-state index contributed by atoms with van der Waals surface area (Å²) in [6, 6.07) is 12.3. The average Bonchev–Trinajstić information content (AvgIpc) is 2.64. The fourth-order valence-electron chi connectivity index (χ4n) is 2.70. The highest BCUT2D eigenvalue weighted by Gasteiger charge is 2.14. The van der Waals surface area contributed by atoms with Crippen molar-refractivity contribution in [3.05, 3.63) is 69.7 Å². The van der Waals surface area contributed by atoms with Gasteiger partial charge in [0.25, 0.3) is 5.56 Å². The Morgan fingerprint density at radius 1 is 1.27 bits per heavy atom. The summed E-state index contributed by atoms with van der Waals surface area (Å²) in [4.78, 5) is 30.8. The highest BCUT2D eigenvalue weighted by Crippen LogP contribution is 2.23. The predicted octanol–water partition coefficient (Wildman–Crippen LogP) is 2.72. The molecule has 0 saturated carbocycles. The molecule has 0 unspecified atom stereocenters. The molecule has 3 rings (SSSR count). The Morgan fingerprint density at radius 2 is 2.04 bits per heavy atom. The molecule has 1 aromatic heterocycles. The van der Waals surface area contributed by atoms with Crippen molar-refractivity contribution >= 4 is 28.4 Å². The third-order valence-electron chi connectivity index (χ3n) is 4.11. The van der Waals surface area contributed by atoms with Crippen LogP contribution in [0.5, 0.6) is 5.75 Å². The molecule has 134 valence electrons. The van der Waals surface area contributed by atoms with Crippen LogP contribution in [0.4, 0.5) is 0 Å². The van der Waals surface area contributed by atoms with Gasteiger partial charge in [-0.15, -0.1) is 0 Å². The topological polar surface area (TPSA) is 64.4 Å². The van der Waals surface area contributed by atoms with Gasteiger partial charge in [0.05, 0.1) is 24.3 Å². The van der Waals surface area contributed by atoms with Crippen LogP contribution in [-0.2, 0) is 17.9 Å². The molecule has 26 heavy (non-hydrogen) atoms. The molecule has 0 aliphatic carbocycles. The van der Waals surface area contributed by atoms with Gasteiger partial charge in [-0.2, -0.15) is 0 Å². The number of para-hydroxylation sites is 1. The Hall–Kier alpha value is -2.86. The van der Waals surface area contributed by atoms with E-state index in [-0.39, 0.29) is 18.0 Å². The number of benzene rings is 2. The third-order valence-corrected chi connectivity index (χ3v) is 4.35. The summed E-state index contributed by atoms with van der Waals surface area (Å²) >= 11 is 6.03. The Bertz CT molecular complexity index is 1020. The zero-order chi connectivity index (χ0) is 18.7. The summed E-state index contributed by atoms with van der Waals surface area (Å²) < 4.78 is 6.62. The number of ether oxygens (including phenoxy) is 1. The van der Waals surface area contributed by atoms with Crippen LogP contribution in [0.15, 0.2) is 53.6 Å². The van der Waals surface area contributed by atoms with Crippen LogP contribution in [0.1, 0.15) is 5.56 Å². The number of carbonyl (C=O) groups is 1. The number of methoxy groups -OCH3 is 1. The lowest BCUT2D eigenvalue weighted by Crippen LogP contribution is -2.33. The summed E-state index contributed by atoms with van der Waals surface area (Å²) in [6.07, 6.45) is 1.40. The lowest BCUT2D eigenvalue weighted by atomic mass is 10.2. The minimum absolute atomic E-state index is 0.0873. The Balaban J connectivity index is 1.79. The quantitative estimate of drug-likeness (QED) is 0.691. The van der Waals surface area contributed by atoms with Crippen LogP contribution < -0.4 is 10.3 Å². The number of amides is 1. The van der Waals surface area contributed by atoms with E-state index in [4.69, 9.17) is 16.3 Å². The number of likely N-dealkylation sites (N-methyl/N-ethyl adjacent to an activating group) is 1. The second-order valence-corrected chi connectivity index (χ2v) is 6.34. The molecular weight excluding hydrogens is 354 g/mol. The standard InChI is InChI=1S/C19H18ClN3O3/c1-22(10-13-9-14(20)7-8-17(13)26-2)18(24)11-23-12-21-16-6-4-3-5-15(16)19(23)25/h3-9,12H,10-11H2,1-2H3. The van der Waals surface area contributed by atoms with Gasteiger partial charge in [-0.1, -0.05) is 23.7 Å². The number of aromatic nitrogens is 2. The molecular formula is C19H18ClN3O3. The maximum atomic E-state index is 12.6. The summed E-state index contributed by atoms with van der Waals surface area (Å²) in [6.45, 7) is 0.231. The Labute approximate surface area is 155 Å². The fourth-order valence-corrected chi connectivity index (χ4v) is 2.89. The van der Waals surface area contributed by atoms with Crippen LogP contribution >= 0.6 is 11.6 Å². The van der Waals surface area contributed by atoms with E-state index in [9.17, 15) is 9.59 Å². The molecule has 0 atom stereocenters. The first-order chi connectivity index (χ1) is 12.5. The largest absolute Gasteiger partial charge is 0.496 e. The van der Waals surface area contributed by atoms with E-state index in [0.29, 0.717) is 28.2 Å². The second-order valence-electron chi connectivity index (χ2n) is 5.90. The first kappa shape index (κ1) is 17.9. The summed E-state index contributed by atoms with van der Waals surface area (Å²) in [5.41, 5.74) is 1.16. The van der Waals surface area contributed by atoms with E-state index in [2.05, 4.69) is 4.98 Å². The number of hydrogen-bond acceptors (Lipinski definition) is 4. The molecule has 0 aliphatic rings. The molecule has 3 aromatic rings. The average molecular weight is 372 g/mol. The van der Waals surface area contributed by atoms with Gasteiger partial charge in [0.15, 0.2) is 0 Å². The van der Waals surface area contributed by atoms with Crippen molar-refractivity contribution in [2.24, 2.45) is 0 Å². The van der Waals surface area contributed by atoms with Gasteiger partial charge in [-0.25, -0.2) is 4.98 Å². The maximum absolute atomic E-state index is 12.6. The van der Waals surface area contributed by atoms with Crippen molar-refractivity contribution in [1.29, 1.82) is 0 Å². The minimum atomic E-state index is -0.238. The fraction of sp³-hybridized carbons (Fsp3) is 0.211. The van der Waals surface area contributed by atoms with Crippen molar-refractivity contribution in [2.75, 3.05) is 14.2 Å². The van der Waals surface area contributed by atoms with Gasteiger partial charge in [0.2, 0.25) is 5.91 Å². The van der Waals surface area contributed by atoms with Crippen LogP contribution in [0, 0.1) is 0 Å². The van der Waals surface area contributed by atoms with Crippen molar-refractivity contribution in [2.45, 2.75) is 13.1 Å². The third kappa shape index (κ3) is 3.70. The van der Waals surface area contributed by atoms with E-state index in [1.165, 1.54) is 15.8 Å². The van der Waals surface area contributed by atoms with Crippen LogP contribution in [0.25, 0.3) is 10.9 Å². The van der Waals surface area contributed by atoms with Crippen molar-refractivity contribution in [1.82, 2.24) is 14.5 Å². The molecule has 0 radical (unpaired) electrons. The van der Waals surface area contributed by atoms with Crippen LogP contribution in [-0.4, -0.2) is 34.5 Å². The number of nitrogens with zero attached hydrogens (tertiary/aromatic N) is 3. The van der Waals surface area contributed by atoms with Gasteiger partial charge >= 0.3 is 0 Å². The highest BCUT2D eigenvalue weighted by atomic mass is 35.5. The zero-order valence-electron chi connectivity index (χ0n) is 14.5. The van der Waals surface area contributed by atoms with Crippen LogP contribution in [0.3, 0.4) is 0 Å². The highest BCUT2D eigenvalue weighted by molar-refractivity contribution is 6.30. The van der Waals surface area contributed by atoms with Crippen molar-refractivity contribution in [3.8, 4) is 5.75 Å². The number of hydrogen-bond donors (Lipinski definition) is 0. The summed E-state index contributed by atoms with van der Waals surface area (Å²) in [5, 5.41) is 1.05. The molecule has 6 nitrogen and oxygen atoms in total. The number of fused-ring (bicyclic) bond motifs is 1.